The van der Waals surface area contributed by atoms with Crippen LogP contribution in [0.4, 0.5) is 0 Å². The first-order chi connectivity index (χ1) is 10.1. The molecule has 112 valence electrons. The normalized spacial score (nSPS) is 15.1. The Hall–Kier alpha value is -2.34. The van der Waals surface area contributed by atoms with Gasteiger partial charge >= 0.3 is 0 Å². The number of primary amides is 1. The summed E-state index contributed by atoms with van der Waals surface area (Å²) in [5.41, 5.74) is 5.85. The Bertz CT molecular complexity index is 519. The molecule has 2 rings (SSSR count). The van der Waals surface area contributed by atoms with Crippen LogP contribution in [0.1, 0.15) is 5.56 Å². The summed E-state index contributed by atoms with van der Waals surface area (Å²) in [6, 6.07) is 7.06. The van der Waals surface area contributed by atoms with Crippen LogP contribution in [0.5, 0.6) is 5.75 Å². The highest BCUT2D eigenvalue weighted by Crippen LogP contribution is 2.13. The van der Waals surface area contributed by atoms with E-state index >= 15 is 0 Å². The highest BCUT2D eigenvalue weighted by atomic mass is 16.5. The Morgan fingerprint density at radius 3 is 2.52 bits per heavy atom. The van der Waals surface area contributed by atoms with Gasteiger partial charge in [0.15, 0.2) is 6.61 Å². The van der Waals surface area contributed by atoms with Gasteiger partial charge in [-0.05, 0) is 23.8 Å². The van der Waals surface area contributed by atoms with Gasteiger partial charge in [-0.15, -0.1) is 0 Å². The summed E-state index contributed by atoms with van der Waals surface area (Å²) in [7, 11) is 0. The summed E-state index contributed by atoms with van der Waals surface area (Å²) in [6.45, 7) is 2.38. The number of morpholine rings is 1. The molecule has 0 aliphatic carbocycles. The van der Waals surface area contributed by atoms with Gasteiger partial charge in [-0.2, -0.15) is 0 Å². The molecule has 6 heteroatoms. The highest BCUT2D eigenvalue weighted by molar-refractivity contribution is 5.90. The Morgan fingerprint density at radius 1 is 1.24 bits per heavy atom. The maximum absolute atomic E-state index is 11.9. The van der Waals surface area contributed by atoms with E-state index in [1.165, 1.54) is 6.08 Å². The van der Waals surface area contributed by atoms with Gasteiger partial charge in [-0.25, -0.2) is 0 Å². The first-order valence-corrected chi connectivity index (χ1v) is 6.71. The third kappa shape index (κ3) is 4.92. The molecule has 1 aliphatic heterocycles. The third-order valence-corrected chi connectivity index (χ3v) is 3.05. The van der Waals surface area contributed by atoms with Crippen LogP contribution in [0.3, 0.4) is 0 Å². The van der Waals surface area contributed by atoms with Gasteiger partial charge in [-0.1, -0.05) is 12.1 Å². The molecule has 2 N–H and O–H groups in total. The lowest BCUT2D eigenvalue weighted by Crippen LogP contribution is -2.42. The van der Waals surface area contributed by atoms with Crippen LogP contribution in [0, 0.1) is 0 Å². The van der Waals surface area contributed by atoms with E-state index in [1.807, 2.05) is 0 Å². The maximum atomic E-state index is 11.9. The molecule has 6 nitrogen and oxygen atoms in total. The van der Waals surface area contributed by atoms with E-state index in [2.05, 4.69) is 0 Å². The standard InChI is InChI=1S/C15H18N2O4/c16-14(18)6-3-12-1-4-13(5-2-12)21-11-15(19)17-7-9-20-10-8-17/h1-6H,7-11H2,(H2,16,18)/b6-3-. The quantitative estimate of drug-likeness (QED) is 0.797. The minimum atomic E-state index is -0.494. The van der Waals surface area contributed by atoms with Crippen molar-refractivity contribution in [3.05, 3.63) is 35.9 Å². The van der Waals surface area contributed by atoms with Crippen molar-refractivity contribution in [2.75, 3.05) is 32.9 Å². The van der Waals surface area contributed by atoms with E-state index in [4.69, 9.17) is 15.2 Å². The zero-order valence-corrected chi connectivity index (χ0v) is 11.7. The zero-order valence-electron chi connectivity index (χ0n) is 11.7. The molecule has 0 bridgehead atoms. The predicted octanol–water partition coefficient (Wildman–Crippen LogP) is 0.423. The number of nitrogens with two attached hydrogens (primary N) is 1. The van der Waals surface area contributed by atoms with Crippen molar-refractivity contribution < 1.29 is 19.1 Å². The summed E-state index contributed by atoms with van der Waals surface area (Å²) in [6.07, 6.45) is 2.91. The number of hydrogen-bond acceptors (Lipinski definition) is 4. The molecule has 1 aromatic carbocycles. The molecule has 1 aromatic rings. The molecule has 0 unspecified atom stereocenters. The number of carbonyl (C=O) groups excluding carboxylic acids is 2. The molecule has 21 heavy (non-hydrogen) atoms. The van der Waals surface area contributed by atoms with Crippen molar-refractivity contribution in [1.29, 1.82) is 0 Å². The first kappa shape index (κ1) is 15.1. The third-order valence-electron chi connectivity index (χ3n) is 3.05. The van der Waals surface area contributed by atoms with Crippen LogP contribution in [-0.4, -0.2) is 49.6 Å². The molecule has 2 amide bonds. The largest absolute Gasteiger partial charge is 0.484 e. The summed E-state index contributed by atoms with van der Waals surface area (Å²) in [4.78, 5) is 24.3. The predicted molar refractivity (Wildman–Crippen MR) is 77.6 cm³/mol. The summed E-state index contributed by atoms with van der Waals surface area (Å²) in [5.74, 6) is 0.0651. The first-order valence-electron chi connectivity index (χ1n) is 6.71. The second-order valence-electron chi connectivity index (χ2n) is 4.59. The van der Waals surface area contributed by atoms with Gasteiger partial charge in [0.2, 0.25) is 5.91 Å². The molecule has 1 saturated heterocycles. The molecule has 1 heterocycles. The fourth-order valence-electron chi connectivity index (χ4n) is 1.90. The van der Waals surface area contributed by atoms with Gasteiger partial charge in [0.25, 0.3) is 5.91 Å². The number of ether oxygens (including phenoxy) is 2. The van der Waals surface area contributed by atoms with Gasteiger partial charge in [0.05, 0.1) is 13.2 Å². The number of benzene rings is 1. The van der Waals surface area contributed by atoms with Crippen LogP contribution < -0.4 is 10.5 Å². The molecule has 1 aliphatic rings. The van der Waals surface area contributed by atoms with Crippen molar-refractivity contribution in [3.63, 3.8) is 0 Å². The topological polar surface area (TPSA) is 81.9 Å². The molecule has 0 atom stereocenters. The molecular weight excluding hydrogens is 272 g/mol. The molecule has 1 fully saturated rings. The van der Waals surface area contributed by atoms with Crippen molar-refractivity contribution in [3.8, 4) is 5.75 Å². The maximum Gasteiger partial charge on any atom is 0.260 e. The SMILES string of the molecule is NC(=O)/C=C\c1ccc(OCC(=O)N2CCOCC2)cc1. The number of amides is 2. The minimum absolute atomic E-state index is 0.0104. The zero-order chi connectivity index (χ0) is 15.1. The number of rotatable bonds is 5. The Kier molecular flexibility index (Phi) is 5.34. The van der Waals surface area contributed by atoms with E-state index in [-0.39, 0.29) is 12.5 Å². The summed E-state index contributed by atoms with van der Waals surface area (Å²) < 4.78 is 10.6. The van der Waals surface area contributed by atoms with Crippen LogP contribution in [0.2, 0.25) is 0 Å². The van der Waals surface area contributed by atoms with E-state index in [0.29, 0.717) is 32.1 Å². The molecule has 0 aromatic heterocycles. The summed E-state index contributed by atoms with van der Waals surface area (Å²) >= 11 is 0. The van der Waals surface area contributed by atoms with Crippen molar-refractivity contribution in [2.24, 2.45) is 5.73 Å². The average Bonchev–Trinajstić information content (AvgIpc) is 2.52. The number of hydrogen-bond donors (Lipinski definition) is 1. The molecule has 0 spiro atoms. The highest BCUT2D eigenvalue weighted by Gasteiger charge is 2.16. The molecule has 0 radical (unpaired) electrons. The second kappa shape index (κ2) is 7.44. The van der Waals surface area contributed by atoms with E-state index in [9.17, 15) is 9.59 Å². The van der Waals surface area contributed by atoms with Crippen molar-refractivity contribution >= 4 is 17.9 Å². The van der Waals surface area contributed by atoms with Crippen LogP contribution in [0.15, 0.2) is 30.3 Å². The van der Waals surface area contributed by atoms with Gasteiger partial charge in [0, 0.05) is 19.2 Å². The number of nitrogens with zero attached hydrogens (tertiary/aromatic N) is 1. The van der Waals surface area contributed by atoms with Crippen molar-refractivity contribution in [1.82, 2.24) is 4.90 Å². The van der Waals surface area contributed by atoms with Crippen LogP contribution in [0.25, 0.3) is 6.08 Å². The van der Waals surface area contributed by atoms with Gasteiger partial charge < -0.3 is 20.1 Å². The van der Waals surface area contributed by atoms with Crippen molar-refractivity contribution in [2.45, 2.75) is 0 Å². The van der Waals surface area contributed by atoms with Crippen LogP contribution >= 0.6 is 0 Å². The summed E-state index contributed by atoms with van der Waals surface area (Å²) in [5, 5.41) is 0. The smallest absolute Gasteiger partial charge is 0.260 e. The Morgan fingerprint density at radius 2 is 1.90 bits per heavy atom. The van der Waals surface area contributed by atoms with E-state index in [1.54, 1.807) is 35.2 Å². The second-order valence-corrected chi connectivity index (χ2v) is 4.59. The average molecular weight is 290 g/mol. The van der Waals surface area contributed by atoms with Gasteiger partial charge in [0.1, 0.15) is 5.75 Å². The molecule has 0 saturated carbocycles. The molecular formula is C15H18N2O4. The minimum Gasteiger partial charge on any atom is -0.484 e. The Labute approximate surface area is 123 Å². The fourth-order valence-corrected chi connectivity index (χ4v) is 1.90. The van der Waals surface area contributed by atoms with E-state index < -0.39 is 5.91 Å². The lowest BCUT2D eigenvalue weighted by Gasteiger charge is -2.26. The van der Waals surface area contributed by atoms with Crippen LogP contribution in [-0.2, 0) is 14.3 Å². The monoisotopic (exact) mass is 290 g/mol. The van der Waals surface area contributed by atoms with Gasteiger partial charge in [-0.3, -0.25) is 9.59 Å². The number of carbonyl (C=O) groups is 2. The Balaban J connectivity index is 1.83. The lowest BCUT2D eigenvalue weighted by molar-refractivity contribution is -0.137. The van der Waals surface area contributed by atoms with E-state index in [0.717, 1.165) is 5.56 Å². The lowest BCUT2D eigenvalue weighted by atomic mass is 10.2. The fraction of sp³-hybridized carbons (Fsp3) is 0.333.